The van der Waals surface area contributed by atoms with Crippen LogP contribution in [0.4, 0.5) is 11.4 Å². The zero-order valence-electron chi connectivity index (χ0n) is 28.8. The Labute approximate surface area is 296 Å². The van der Waals surface area contributed by atoms with Crippen LogP contribution in [0.2, 0.25) is 0 Å². The van der Waals surface area contributed by atoms with Gasteiger partial charge in [-0.25, -0.2) is 0 Å². The number of carbonyl (C=O) groups is 2. The van der Waals surface area contributed by atoms with Gasteiger partial charge >= 0.3 is 0 Å². The molecule has 0 fully saturated rings. The number of amides is 2. The van der Waals surface area contributed by atoms with E-state index in [1.807, 2.05) is 19.1 Å². The zero-order chi connectivity index (χ0) is 38.1. The summed E-state index contributed by atoms with van der Waals surface area (Å²) in [6, 6.07) is 15.3. The topological polar surface area (TPSA) is 217 Å². The highest BCUT2D eigenvalue weighted by molar-refractivity contribution is 7.86. The van der Waals surface area contributed by atoms with E-state index in [-0.39, 0.29) is 45.0 Å². The van der Waals surface area contributed by atoms with Gasteiger partial charge in [0.15, 0.2) is 0 Å². The molecule has 0 unspecified atom stereocenters. The van der Waals surface area contributed by atoms with E-state index >= 15 is 0 Å². The molecule has 0 heterocycles. The van der Waals surface area contributed by atoms with Crippen LogP contribution in [0.5, 0.6) is 23.0 Å². The van der Waals surface area contributed by atoms with Gasteiger partial charge in [-0.05, 0) is 83.8 Å². The molecule has 0 radical (unpaired) electrons. The van der Waals surface area contributed by atoms with Gasteiger partial charge in [-0.1, -0.05) is 53.7 Å². The van der Waals surface area contributed by atoms with Crippen molar-refractivity contribution in [1.29, 1.82) is 0 Å². The van der Waals surface area contributed by atoms with Crippen LogP contribution in [0.25, 0.3) is 0 Å². The summed E-state index contributed by atoms with van der Waals surface area (Å²) in [5, 5.41) is 25.2. The Hall–Kier alpha value is -4.96. The highest BCUT2D eigenvalue weighted by Gasteiger charge is 2.28. The van der Waals surface area contributed by atoms with Crippen LogP contribution in [0.15, 0.2) is 82.6 Å². The number of aromatic hydroxyl groups is 2. The lowest BCUT2D eigenvalue weighted by Gasteiger charge is -2.30. The first-order valence-corrected chi connectivity index (χ1v) is 18.7. The number of hydrogen-bond acceptors (Lipinski definition) is 9. The molecule has 0 bridgehead atoms. The number of nitrogens with one attached hydrogen (secondary N) is 2. The molecule has 0 saturated carbocycles. The lowest BCUT2D eigenvalue weighted by molar-refractivity contribution is 0.101. The number of anilines is 2. The first-order chi connectivity index (χ1) is 23.6. The predicted molar refractivity (Wildman–Crippen MR) is 191 cm³/mol. The standard InChI is InChI=1S/C36H40N2O11S2/c1-7-35(3,4)22-9-13-32(28(17-22)36(5,6)8-2)49-31-14-10-23(18-27(31)34(42)38-29-19-24(39)11-12-30(29)40)37-33(41)21-15-25(50(43,44)45)20-26(16-21)51(46,47)48/h9-20,39-40H,7-8H2,1-6H3,(H,37,41)(H,38,42)(H,43,44,45)(H,46,47,48). The van der Waals surface area contributed by atoms with E-state index in [0.29, 0.717) is 23.9 Å². The summed E-state index contributed by atoms with van der Waals surface area (Å²) in [6.45, 7) is 12.6. The van der Waals surface area contributed by atoms with Gasteiger partial charge in [0, 0.05) is 22.9 Å². The van der Waals surface area contributed by atoms with Crippen LogP contribution in [0, 0.1) is 0 Å². The third-order valence-electron chi connectivity index (χ3n) is 8.93. The molecule has 0 aliphatic rings. The Balaban J connectivity index is 1.83. The molecule has 4 rings (SSSR count). The summed E-state index contributed by atoms with van der Waals surface area (Å²) in [6.07, 6.45) is 1.64. The summed E-state index contributed by atoms with van der Waals surface area (Å²) in [5.41, 5.74) is 0.641. The molecule has 4 aromatic carbocycles. The average molecular weight is 741 g/mol. The van der Waals surface area contributed by atoms with Gasteiger partial charge in [0.05, 0.1) is 21.0 Å². The van der Waals surface area contributed by atoms with Crippen LogP contribution in [0.3, 0.4) is 0 Å². The van der Waals surface area contributed by atoms with Crippen molar-refractivity contribution in [3.8, 4) is 23.0 Å². The largest absolute Gasteiger partial charge is 0.508 e. The molecule has 15 heteroatoms. The van der Waals surface area contributed by atoms with Gasteiger partial charge in [-0.2, -0.15) is 16.8 Å². The Morgan fingerprint density at radius 3 is 1.84 bits per heavy atom. The minimum Gasteiger partial charge on any atom is -0.508 e. The lowest BCUT2D eigenvalue weighted by Crippen LogP contribution is -2.21. The number of phenols is 2. The third-order valence-corrected chi connectivity index (χ3v) is 10.6. The number of rotatable bonds is 12. The Kier molecular flexibility index (Phi) is 10.9. The maximum atomic E-state index is 13.8. The molecule has 4 aromatic rings. The first-order valence-electron chi connectivity index (χ1n) is 15.8. The Morgan fingerprint density at radius 2 is 1.27 bits per heavy atom. The van der Waals surface area contributed by atoms with Gasteiger partial charge in [0.1, 0.15) is 23.0 Å². The number of hydrogen-bond donors (Lipinski definition) is 6. The zero-order valence-corrected chi connectivity index (χ0v) is 30.4. The van der Waals surface area contributed by atoms with Crippen molar-refractivity contribution in [2.24, 2.45) is 0 Å². The monoisotopic (exact) mass is 740 g/mol. The highest BCUT2D eigenvalue weighted by atomic mass is 32.2. The van der Waals surface area contributed by atoms with E-state index in [1.165, 1.54) is 30.3 Å². The minimum atomic E-state index is -5.00. The van der Waals surface area contributed by atoms with E-state index in [1.54, 1.807) is 0 Å². The van der Waals surface area contributed by atoms with E-state index in [9.17, 15) is 45.7 Å². The number of ether oxygens (including phenoxy) is 1. The third kappa shape index (κ3) is 9.05. The van der Waals surface area contributed by atoms with Crippen LogP contribution >= 0.6 is 0 Å². The Morgan fingerprint density at radius 1 is 0.686 bits per heavy atom. The molecular formula is C36H40N2O11S2. The molecule has 2 amide bonds. The molecule has 0 aromatic heterocycles. The molecule has 6 N–H and O–H groups in total. The first kappa shape index (κ1) is 38.8. The predicted octanol–water partition coefficient (Wildman–Crippen LogP) is 7.26. The van der Waals surface area contributed by atoms with E-state index in [2.05, 4.69) is 51.3 Å². The van der Waals surface area contributed by atoms with Crippen molar-refractivity contribution in [2.75, 3.05) is 10.6 Å². The van der Waals surface area contributed by atoms with Gasteiger partial charge < -0.3 is 25.6 Å². The number of benzene rings is 4. The van der Waals surface area contributed by atoms with Crippen molar-refractivity contribution in [3.63, 3.8) is 0 Å². The molecule has 0 atom stereocenters. The fourth-order valence-electron chi connectivity index (χ4n) is 4.97. The maximum Gasteiger partial charge on any atom is 0.294 e. The van der Waals surface area contributed by atoms with Crippen molar-refractivity contribution in [3.05, 3.63) is 95.1 Å². The van der Waals surface area contributed by atoms with Crippen molar-refractivity contribution in [2.45, 2.75) is 75.0 Å². The molecule has 272 valence electrons. The van der Waals surface area contributed by atoms with Crippen molar-refractivity contribution < 1.29 is 50.5 Å². The van der Waals surface area contributed by atoms with Crippen molar-refractivity contribution >= 4 is 43.4 Å². The smallest absolute Gasteiger partial charge is 0.294 e. The van der Waals surface area contributed by atoms with Crippen LogP contribution in [-0.2, 0) is 31.1 Å². The molecule has 0 aliphatic carbocycles. The van der Waals surface area contributed by atoms with E-state index < -0.39 is 47.4 Å². The van der Waals surface area contributed by atoms with E-state index in [4.69, 9.17) is 4.74 Å². The fourth-order valence-corrected chi connectivity index (χ4v) is 6.15. The average Bonchev–Trinajstić information content (AvgIpc) is 3.06. The molecule has 51 heavy (non-hydrogen) atoms. The molecular weight excluding hydrogens is 701 g/mol. The van der Waals surface area contributed by atoms with Gasteiger partial charge in [-0.3, -0.25) is 18.7 Å². The summed E-state index contributed by atoms with van der Waals surface area (Å²) < 4.78 is 72.6. The minimum absolute atomic E-state index is 0.0301. The SMILES string of the molecule is CCC(C)(C)c1ccc(Oc2ccc(NC(=O)c3cc(S(=O)(=O)O)cc(S(=O)(=O)O)c3)cc2C(=O)Nc2cc(O)ccc2O)c(C(C)(C)CC)c1. The Bertz CT molecular complexity index is 2180. The molecule has 13 nitrogen and oxygen atoms in total. The second kappa shape index (κ2) is 14.3. The van der Waals surface area contributed by atoms with Gasteiger partial charge in [0.25, 0.3) is 32.1 Å². The van der Waals surface area contributed by atoms with Crippen molar-refractivity contribution in [1.82, 2.24) is 0 Å². The molecule has 0 aliphatic heterocycles. The summed E-state index contributed by atoms with van der Waals surface area (Å²) in [7, 11) is -9.99. The highest BCUT2D eigenvalue weighted by Crippen LogP contribution is 2.41. The normalized spacial score (nSPS) is 12.3. The van der Waals surface area contributed by atoms with E-state index in [0.717, 1.165) is 30.0 Å². The fraction of sp³-hybridized carbons (Fsp3) is 0.278. The van der Waals surface area contributed by atoms with Gasteiger partial charge in [-0.15, -0.1) is 0 Å². The quantitative estimate of drug-likeness (QED) is 0.0482. The summed E-state index contributed by atoms with van der Waals surface area (Å²) >= 11 is 0. The number of carbonyl (C=O) groups excluding carboxylic acids is 2. The van der Waals surface area contributed by atoms with Gasteiger partial charge in [0.2, 0.25) is 0 Å². The summed E-state index contributed by atoms with van der Waals surface area (Å²) in [4.78, 5) is 25.1. The number of phenolic OH excluding ortho intramolecular Hbond substituents is 2. The van der Waals surface area contributed by atoms with Crippen LogP contribution in [-0.4, -0.2) is 48.0 Å². The second-order valence-electron chi connectivity index (χ2n) is 13.3. The van der Waals surface area contributed by atoms with Crippen LogP contribution < -0.4 is 15.4 Å². The summed E-state index contributed by atoms with van der Waals surface area (Å²) in [5.74, 6) is -1.95. The molecule has 0 spiro atoms. The van der Waals surface area contributed by atoms with Crippen LogP contribution in [0.1, 0.15) is 86.2 Å². The second-order valence-corrected chi connectivity index (χ2v) is 16.1. The lowest BCUT2D eigenvalue weighted by atomic mass is 9.76. The molecule has 0 saturated heterocycles. The maximum absolute atomic E-state index is 13.8.